The number of carbonyl (C=O) groups excluding carboxylic acids is 1. The molecule has 1 aliphatic carbocycles. The van der Waals surface area contributed by atoms with E-state index in [9.17, 15) is 4.79 Å². The van der Waals surface area contributed by atoms with Gasteiger partial charge in [0.25, 0.3) is 0 Å². The maximum Gasteiger partial charge on any atom is 0.321 e. The van der Waals surface area contributed by atoms with Gasteiger partial charge in [0.1, 0.15) is 0 Å². The van der Waals surface area contributed by atoms with E-state index >= 15 is 0 Å². The fourth-order valence-electron chi connectivity index (χ4n) is 2.98. The molecule has 1 aromatic rings. The molecule has 1 aliphatic heterocycles. The molecule has 2 aliphatic rings. The van der Waals surface area contributed by atoms with Crippen molar-refractivity contribution in [1.82, 2.24) is 9.80 Å². The largest absolute Gasteiger partial charge is 0.322 e. The van der Waals surface area contributed by atoms with Gasteiger partial charge >= 0.3 is 6.03 Å². The minimum Gasteiger partial charge on any atom is -0.322 e. The molecule has 108 valence electrons. The Labute approximate surface area is 120 Å². The highest BCUT2D eigenvalue weighted by Gasteiger charge is 2.32. The summed E-state index contributed by atoms with van der Waals surface area (Å²) in [6.45, 7) is 7.82. The third-order valence-electron chi connectivity index (χ3n) is 4.14. The van der Waals surface area contributed by atoms with Gasteiger partial charge in [0.05, 0.1) is 0 Å². The van der Waals surface area contributed by atoms with Crippen molar-refractivity contribution in [3.8, 4) is 0 Å². The lowest BCUT2D eigenvalue weighted by molar-refractivity contribution is 0.142. The first-order chi connectivity index (χ1) is 9.61. The Morgan fingerprint density at radius 3 is 2.20 bits per heavy atom. The topological polar surface area (TPSA) is 35.6 Å². The first kappa shape index (κ1) is 13.4. The Morgan fingerprint density at radius 2 is 1.65 bits per heavy atom. The molecule has 0 radical (unpaired) electrons. The minimum atomic E-state index is 0.0328. The van der Waals surface area contributed by atoms with E-state index in [1.54, 1.807) is 0 Å². The Morgan fingerprint density at radius 1 is 1.05 bits per heavy atom. The van der Waals surface area contributed by atoms with Crippen LogP contribution in [0.4, 0.5) is 10.5 Å². The van der Waals surface area contributed by atoms with E-state index in [0.29, 0.717) is 0 Å². The van der Waals surface area contributed by atoms with Gasteiger partial charge in [0, 0.05) is 37.9 Å². The van der Waals surface area contributed by atoms with Crippen molar-refractivity contribution < 1.29 is 4.79 Å². The van der Waals surface area contributed by atoms with Crippen LogP contribution in [-0.4, -0.2) is 48.1 Å². The number of urea groups is 1. The first-order valence-electron chi connectivity index (χ1n) is 7.50. The fraction of sp³-hybridized carbons (Fsp3) is 0.562. The van der Waals surface area contributed by atoms with E-state index in [0.717, 1.165) is 37.9 Å². The monoisotopic (exact) mass is 273 g/mol. The van der Waals surface area contributed by atoms with Crippen molar-refractivity contribution in [3.63, 3.8) is 0 Å². The van der Waals surface area contributed by atoms with Gasteiger partial charge in [0.15, 0.2) is 0 Å². The molecule has 20 heavy (non-hydrogen) atoms. The summed E-state index contributed by atoms with van der Waals surface area (Å²) < 4.78 is 0. The average Bonchev–Trinajstić information content (AvgIpc) is 3.22. The lowest BCUT2D eigenvalue weighted by Crippen LogP contribution is -2.50. The summed E-state index contributed by atoms with van der Waals surface area (Å²) in [5.74, 6) is 0. The van der Waals surface area contributed by atoms with Crippen molar-refractivity contribution in [3.05, 3.63) is 29.3 Å². The molecule has 1 N–H and O–H groups in total. The van der Waals surface area contributed by atoms with E-state index in [1.807, 2.05) is 17.0 Å². The Bertz CT molecular complexity index is 482. The summed E-state index contributed by atoms with van der Waals surface area (Å²) in [5.41, 5.74) is 3.26. The summed E-state index contributed by atoms with van der Waals surface area (Å²) in [6, 6.07) is 6.99. The lowest BCUT2D eigenvalue weighted by Gasteiger charge is -2.34. The second-order valence-electron chi connectivity index (χ2n) is 6.06. The molecule has 4 nitrogen and oxygen atoms in total. The Hall–Kier alpha value is -1.55. The van der Waals surface area contributed by atoms with Gasteiger partial charge in [-0.05, 0) is 49.9 Å². The SMILES string of the molecule is Cc1cc(C)cc(NC(=O)N2CCN(C3CC3)CC2)c1. The second-order valence-corrected chi connectivity index (χ2v) is 6.06. The van der Waals surface area contributed by atoms with Gasteiger partial charge in [0.2, 0.25) is 0 Å². The van der Waals surface area contributed by atoms with Crippen LogP contribution in [0.2, 0.25) is 0 Å². The summed E-state index contributed by atoms with van der Waals surface area (Å²) >= 11 is 0. The van der Waals surface area contributed by atoms with Crippen molar-refractivity contribution in [2.45, 2.75) is 32.7 Å². The zero-order chi connectivity index (χ0) is 14.1. The second kappa shape index (κ2) is 5.44. The smallest absolute Gasteiger partial charge is 0.321 e. The molecule has 3 rings (SSSR count). The molecule has 1 heterocycles. The maximum atomic E-state index is 12.3. The Balaban J connectivity index is 1.56. The van der Waals surface area contributed by atoms with Crippen molar-refractivity contribution >= 4 is 11.7 Å². The number of carbonyl (C=O) groups is 1. The molecule has 2 amide bonds. The molecule has 2 fully saturated rings. The van der Waals surface area contributed by atoms with Crippen LogP contribution < -0.4 is 5.32 Å². The number of anilines is 1. The number of benzene rings is 1. The normalized spacial score (nSPS) is 20.0. The molecule has 1 saturated carbocycles. The third kappa shape index (κ3) is 3.12. The highest BCUT2D eigenvalue weighted by Crippen LogP contribution is 2.27. The van der Waals surface area contributed by atoms with Gasteiger partial charge in [-0.2, -0.15) is 0 Å². The molecule has 0 aromatic heterocycles. The van der Waals surface area contributed by atoms with Crippen molar-refractivity contribution in [2.24, 2.45) is 0 Å². The number of piperazine rings is 1. The van der Waals surface area contributed by atoms with Crippen LogP contribution in [0.15, 0.2) is 18.2 Å². The molecule has 0 atom stereocenters. The predicted octanol–water partition coefficient (Wildman–Crippen LogP) is 2.62. The number of nitrogens with one attached hydrogen (secondary N) is 1. The summed E-state index contributed by atoms with van der Waals surface area (Å²) in [4.78, 5) is 16.7. The first-order valence-corrected chi connectivity index (χ1v) is 7.50. The van der Waals surface area contributed by atoms with Crippen LogP contribution >= 0.6 is 0 Å². The molecular weight excluding hydrogens is 250 g/mol. The number of amides is 2. The molecule has 1 saturated heterocycles. The van der Waals surface area contributed by atoms with Crippen LogP contribution in [0, 0.1) is 13.8 Å². The number of hydrogen-bond acceptors (Lipinski definition) is 2. The molecule has 4 heteroatoms. The van der Waals surface area contributed by atoms with Gasteiger partial charge < -0.3 is 10.2 Å². The number of nitrogens with zero attached hydrogens (tertiary/aromatic N) is 2. The zero-order valence-corrected chi connectivity index (χ0v) is 12.4. The number of hydrogen-bond donors (Lipinski definition) is 1. The van der Waals surface area contributed by atoms with E-state index in [1.165, 1.54) is 24.0 Å². The summed E-state index contributed by atoms with van der Waals surface area (Å²) in [5, 5.41) is 3.02. The average molecular weight is 273 g/mol. The van der Waals surface area contributed by atoms with Crippen LogP contribution in [-0.2, 0) is 0 Å². The standard InChI is InChI=1S/C16H23N3O/c1-12-9-13(2)11-14(10-12)17-16(20)19-7-5-18(6-8-19)15-3-4-15/h9-11,15H,3-8H2,1-2H3,(H,17,20). The van der Waals surface area contributed by atoms with Gasteiger partial charge in [-0.15, -0.1) is 0 Å². The van der Waals surface area contributed by atoms with Crippen molar-refractivity contribution in [2.75, 3.05) is 31.5 Å². The van der Waals surface area contributed by atoms with E-state index in [-0.39, 0.29) is 6.03 Å². The minimum absolute atomic E-state index is 0.0328. The van der Waals surface area contributed by atoms with Crippen LogP contribution in [0.25, 0.3) is 0 Å². The highest BCUT2D eigenvalue weighted by atomic mass is 16.2. The lowest BCUT2D eigenvalue weighted by atomic mass is 10.1. The predicted molar refractivity (Wildman–Crippen MR) is 81.1 cm³/mol. The zero-order valence-electron chi connectivity index (χ0n) is 12.4. The molecule has 1 aromatic carbocycles. The Kier molecular flexibility index (Phi) is 3.66. The maximum absolute atomic E-state index is 12.3. The quantitative estimate of drug-likeness (QED) is 0.899. The fourth-order valence-corrected chi connectivity index (χ4v) is 2.98. The van der Waals surface area contributed by atoms with Gasteiger partial charge in [-0.1, -0.05) is 6.07 Å². The van der Waals surface area contributed by atoms with Crippen LogP contribution in [0.3, 0.4) is 0 Å². The van der Waals surface area contributed by atoms with Crippen LogP contribution in [0.1, 0.15) is 24.0 Å². The summed E-state index contributed by atoms with van der Waals surface area (Å²) in [7, 11) is 0. The van der Waals surface area contributed by atoms with Gasteiger partial charge in [-0.25, -0.2) is 4.79 Å². The van der Waals surface area contributed by atoms with E-state index < -0.39 is 0 Å². The summed E-state index contributed by atoms with van der Waals surface area (Å²) in [6.07, 6.45) is 2.68. The molecular formula is C16H23N3O. The van der Waals surface area contributed by atoms with E-state index in [2.05, 4.69) is 30.1 Å². The molecule has 0 bridgehead atoms. The van der Waals surface area contributed by atoms with E-state index in [4.69, 9.17) is 0 Å². The van der Waals surface area contributed by atoms with Crippen molar-refractivity contribution in [1.29, 1.82) is 0 Å². The van der Waals surface area contributed by atoms with Gasteiger partial charge in [-0.3, -0.25) is 4.90 Å². The van der Waals surface area contributed by atoms with Crippen LogP contribution in [0.5, 0.6) is 0 Å². The molecule has 0 spiro atoms. The number of rotatable bonds is 2. The number of aryl methyl sites for hydroxylation is 2. The third-order valence-corrected chi connectivity index (χ3v) is 4.14. The molecule has 0 unspecified atom stereocenters. The highest BCUT2D eigenvalue weighted by molar-refractivity contribution is 5.89.